The first-order valence-corrected chi connectivity index (χ1v) is 7.28. The maximum atomic E-state index is 12.3. The van der Waals surface area contributed by atoms with E-state index in [-0.39, 0.29) is 6.54 Å². The number of rotatable bonds is 5. The van der Waals surface area contributed by atoms with Gasteiger partial charge in [0.05, 0.1) is 5.52 Å². The molecule has 3 rings (SSSR count). The summed E-state index contributed by atoms with van der Waals surface area (Å²) in [6, 6.07) is 14.5. The minimum atomic E-state index is -0.965. The largest absolute Gasteiger partial charge is 0.420 e. The van der Waals surface area contributed by atoms with Gasteiger partial charge in [-0.1, -0.05) is 42.5 Å². The van der Waals surface area contributed by atoms with E-state index in [1.807, 2.05) is 0 Å². The van der Waals surface area contributed by atoms with Crippen molar-refractivity contribution in [2.45, 2.75) is 12.6 Å². The summed E-state index contributed by atoms with van der Waals surface area (Å²) in [4.78, 5) is 35.8. The van der Waals surface area contributed by atoms with Crippen LogP contribution in [-0.4, -0.2) is 16.4 Å². The maximum absolute atomic E-state index is 12.3. The molecule has 122 valence electrons. The number of nitrogens with two attached hydrogens (primary N) is 1. The average Bonchev–Trinajstić information content (AvgIpc) is 2.89. The Hall–Kier alpha value is -3.35. The van der Waals surface area contributed by atoms with Crippen LogP contribution in [0.25, 0.3) is 11.1 Å². The van der Waals surface area contributed by atoms with Crippen LogP contribution in [0.4, 0.5) is 0 Å². The predicted molar refractivity (Wildman–Crippen MR) is 87.0 cm³/mol. The van der Waals surface area contributed by atoms with Crippen LogP contribution in [0.5, 0.6) is 0 Å². The Balaban J connectivity index is 1.82. The molecule has 0 fully saturated rings. The first-order chi connectivity index (χ1) is 11.6. The topological polar surface area (TPSA) is 107 Å². The highest BCUT2D eigenvalue weighted by molar-refractivity contribution is 5.88. The Kier molecular flexibility index (Phi) is 4.15. The van der Waals surface area contributed by atoms with Gasteiger partial charge in [0.25, 0.3) is 0 Å². The zero-order valence-electron chi connectivity index (χ0n) is 12.6. The summed E-state index contributed by atoms with van der Waals surface area (Å²) in [6.07, 6.45) is 0. The van der Waals surface area contributed by atoms with Gasteiger partial charge in [0.2, 0.25) is 11.8 Å². The third kappa shape index (κ3) is 3.05. The summed E-state index contributed by atoms with van der Waals surface area (Å²) in [5, 5.41) is 2.55. The summed E-state index contributed by atoms with van der Waals surface area (Å²) in [5.74, 6) is -1.84. The van der Waals surface area contributed by atoms with Gasteiger partial charge in [0, 0.05) is 0 Å². The molecule has 1 atom stereocenters. The van der Waals surface area contributed by atoms with E-state index in [1.54, 1.807) is 54.6 Å². The molecule has 0 bridgehead atoms. The van der Waals surface area contributed by atoms with Crippen molar-refractivity contribution >= 4 is 22.9 Å². The molecule has 2 aromatic carbocycles. The highest BCUT2D eigenvalue weighted by atomic mass is 16.4. The number of aromatic nitrogens is 1. The molecule has 1 unspecified atom stereocenters. The number of oxazole rings is 1. The molecular formula is C17H15N3O4. The number of nitrogens with one attached hydrogen (secondary N) is 1. The molecule has 0 aliphatic rings. The van der Waals surface area contributed by atoms with E-state index < -0.39 is 23.6 Å². The van der Waals surface area contributed by atoms with Crippen LogP contribution in [0, 0.1) is 0 Å². The molecule has 0 saturated carbocycles. The number of carbonyl (C=O) groups is 2. The second-order valence-electron chi connectivity index (χ2n) is 5.24. The quantitative estimate of drug-likeness (QED) is 0.727. The maximum Gasteiger partial charge on any atom is 0.420 e. The van der Waals surface area contributed by atoms with E-state index in [9.17, 15) is 14.4 Å². The molecule has 7 nitrogen and oxygen atoms in total. The Labute approximate surface area is 136 Å². The minimum Gasteiger partial charge on any atom is -0.408 e. The smallest absolute Gasteiger partial charge is 0.408 e. The van der Waals surface area contributed by atoms with Gasteiger partial charge in [0.1, 0.15) is 12.6 Å². The zero-order valence-corrected chi connectivity index (χ0v) is 12.6. The van der Waals surface area contributed by atoms with Gasteiger partial charge in [-0.2, -0.15) is 0 Å². The molecule has 2 amide bonds. The molecule has 0 aliphatic carbocycles. The molecule has 24 heavy (non-hydrogen) atoms. The number of primary amides is 1. The van der Waals surface area contributed by atoms with Crippen molar-refractivity contribution in [3.05, 3.63) is 70.7 Å². The average molecular weight is 325 g/mol. The van der Waals surface area contributed by atoms with E-state index in [1.165, 1.54) is 4.57 Å². The molecule has 3 N–H and O–H groups in total. The normalized spacial score (nSPS) is 12.0. The third-order valence-electron chi connectivity index (χ3n) is 3.60. The number of fused-ring (bicyclic) bond motifs is 1. The lowest BCUT2D eigenvalue weighted by Gasteiger charge is -2.15. The lowest BCUT2D eigenvalue weighted by atomic mass is 10.1. The Bertz CT molecular complexity index is 943. The predicted octanol–water partition coefficient (Wildman–Crippen LogP) is 0.937. The summed E-state index contributed by atoms with van der Waals surface area (Å²) in [5.41, 5.74) is 6.84. The van der Waals surface area contributed by atoms with Crippen molar-refractivity contribution in [1.29, 1.82) is 0 Å². The second kappa shape index (κ2) is 6.41. The molecule has 0 aliphatic heterocycles. The molecule has 1 heterocycles. The zero-order chi connectivity index (χ0) is 17.1. The number of para-hydroxylation sites is 2. The summed E-state index contributed by atoms with van der Waals surface area (Å²) >= 11 is 0. The van der Waals surface area contributed by atoms with Crippen molar-refractivity contribution in [2.75, 3.05) is 0 Å². The molecule has 0 radical (unpaired) electrons. The van der Waals surface area contributed by atoms with Gasteiger partial charge < -0.3 is 15.5 Å². The van der Waals surface area contributed by atoms with Gasteiger partial charge >= 0.3 is 5.76 Å². The van der Waals surface area contributed by atoms with Gasteiger partial charge in [-0.15, -0.1) is 0 Å². The van der Waals surface area contributed by atoms with Crippen LogP contribution >= 0.6 is 0 Å². The summed E-state index contributed by atoms with van der Waals surface area (Å²) < 4.78 is 6.27. The summed E-state index contributed by atoms with van der Waals surface area (Å²) in [7, 11) is 0. The van der Waals surface area contributed by atoms with E-state index in [4.69, 9.17) is 10.2 Å². The van der Waals surface area contributed by atoms with Crippen molar-refractivity contribution in [2.24, 2.45) is 5.73 Å². The molecule has 1 aromatic heterocycles. The monoisotopic (exact) mass is 325 g/mol. The lowest BCUT2D eigenvalue weighted by molar-refractivity contribution is -0.127. The number of carbonyl (C=O) groups excluding carboxylic acids is 2. The Morgan fingerprint density at radius 3 is 2.46 bits per heavy atom. The Morgan fingerprint density at radius 2 is 1.75 bits per heavy atom. The fourth-order valence-electron chi connectivity index (χ4n) is 2.48. The lowest BCUT2D eigenvalue weighted by Crippen LogP contribution is -2.40. The van der Waals surface area contributed by atoms with E-state index in [2.05, 4.69) is 5.32 Å². The summed E-state index contributed by atoms with van der Waals surface area (Å²) in [6.45, 7) is -0.271. The first kappa shape index (κ1) is 15.5. The van der Waals surface area contributed by atoms with Crippen LogP contribution in [-0.2, 0) is 16.1 Å². The van der Waals surface area contributed by atoms with Crippen molar-refractivity contribution in [1.82, 2.24) is 9.88 Å². The van der Waals surface area contributed by atoms with Crippen molar-refractivity contribution in [3.63, 3.8) is 0 Å². The van der Waals surface area contributed by atoms with E-state index in [0.29, 0.717) is 16.7 Å². The number of amides is 2. The van der Waals surface area contributed by atoms with E-state index in [0.717, 1.165) is 0 Å². The van der Waals surface area contributed by atoms with Crippen LogP contribution < -0.4 is 16.8 Å². The first-order valence-electron chi connectivity index (χ1n) is 7.28. The van der Waals surface area contributed by atoms with Gasteiger partial charge in [-0.05, 0) is 17.7 Å². The van der Waals surface area contributed by atoms with Crippen molar-refractivity contribution in [3.8, 4) is 0 Å². The molecular weight excluding hydrogens is 310 g/mol. The standard InChI is InChI=1S/C17H15N3O4/c18-16(22)15(11-6-2-1-3-7-11)19-14(21)10-20-12-8-4-5-9-13(12)24-17(20)23/h1-9,15H,10H2,(H2,18,22)(H,19,21). The third-order valence-corrected chi connectivity index (χ3v) is 3.60. The van der Waals surface area contributed by atoms with Crippen LogP contribution in [0.2, 0.25) is 0 Å². The van der Waals surface area contributed by atoms with E-state index >= 15 is 0 Å². The van der Waals surface area contributed by atoms with Crippen LogP contribution in [0.15, 0.2) is 63.8 Å². The number of hydrogen-bond donors (Lipinski definition) is 2. The minimum absolute atomic E-state index is 0.271. The van der Waals surface area contributed by atoms with Gasteiger partial charge in [-0.3, -0.25) is 14.2 Å². The second-order valence-corrected chi connectivity index (χ2v) is 5.24. The fraction of sp³-hybridized carbons (Fsp3) is 0.118. The molecule has 3 aromatic rings. The number of benzene rings is 2. The fourth-order valence-corrected chi connectivity index (χ4v) is 2.48. The van der Waals surface area contributed by atoms with Crippen molar-refractivity contribution < 1.29 is 14.0 Å². The highest BCUT2D eigenvalue weighted by Gasteiger charge is 2.21. The molecule has 0 saturated heterocycles. The van der Waals surface area contributed by atoms with Gasteiger partial charge in [-0.25, -0.2) is 4.79 Å². The SMILES string of the molecule is NC(=O)C(NC(=O)Cn1c(=O)oc2ccccc21)c1ccccc1. The van der Waals surface area contributed by atoms with Crippen LogP contribution in [0.1, 0.15) is 11.6 Å². The number of hydrogen-bond acceptors (Lipinski definition) is 4. The number of nitrogens with zero attached hydrogens (tertiary/aromatic N) is 1. The molecule has 7 heteroatoms. The highest BCUT2D eigenvalue weighted by Crippen LogP contribution is 2.13. The Morgan fingerprint density at radius 1 is 1.08 bits per heavy atom. The van der Waals surface area contributed by atoms with Crippen LogP contribution in [0.3, 0.4) is 0 Å². The molecule has 0 spiro atoms. The van der Waals surface area contributed by atoms with Gasteiger partial charge in [0.15, 0.2) is 5.58 Å².